The number of quaternary nitrogens is 1. The summed E-state index contributed by atoms with van der Waals surface area (Å²) in [6, 6.07) is 5.66. The van der Waals surface area contributed by atoms with Crippen molar-refractivity contribution in [1.82, 2.24) is 0 Å². The van der Waals surface area contributed by atoms with Gasteiger partial charge in [0.1, 0.15) is 12.3 Å². The number of primary amides is 1. The van der Waals surface area contributed by atoms with Crippen molar-refractivity contribution in [2.24, 2.45) is 5.73 Å². The van der Waals surface area contributed by atoms with Gasteiger partial charge in [0, 0.05) is 10.0 Å². The zero-order valence-corrected chi connectivity index (χ0v) is 11.1. The molecule has 17 heavy (non-hydrogen) atoms. The van der Waals surface area contributed by atoms with Crippen LogP contribution in [-0.4, -0.2) is 19.1 Å². The Labute approximate surface area is 109 Å². The maximum atomic E-state index is 10.7. The van der Waals surface area contributed by atoms with Crippen LogP contribution in [0, 0.1) is 0 Å². The quantitative estimate of drug-likeness (QED) is 0.571. The highest BCUT2D eigenvalue weighted by molar-refractivity contribution is 9.10. The van der Waals surface area contributed by atoms with Gasteiger partial charge in [-0.3, -0.25) is 4.79 Å². The van der Waals surface area contributed by atoms with Crippen LogP contribution in [0.25, 0.3) is 0 Å². The first-order valence-electron chi connectivity index (χ1n) is 5.25. The number of rotatable bonds is 7. The SMILES string of the molecule is C=CC[NH2+]Cc1cc(Br)ccc1OCC(N)=O. The van der Waals surface area contributed by atoms with E-state index in [1.165, 1.54) is 0 Å². The lowest BCUT2D eigenvalue weighted by molar-refractivity contribution is -0.662. The highest BCUT2D eigenvalue weighted by Gasteiger charge is 2.07. The number of carbonyl (C=O) groups is 1. The molecule has 4 N–H and O–H groups in total. The highest BCUT2D eigenvalue weighted by atomic mass is 79.9. The number of hydrogen-bond donors (Lipinski definition) is 2. The number of amides is 1. The van der Waals surface area contributed by atoms with E-state index in [9.17, 15) is 4.79 Å². The van der Waals surface area contributed by atoms with Gasteiger partial charge in [-0.15, -0.1) is 0 Å². The van der Waals surface area contributed by atoms with Crippen molar-refractivity contribution in [1.29, 1.82) is 0 Å². The number of hydrogen-bond acceptors (Lipinski definition) is 2. The number of carbonyl (C=O) groups excluding carboxylic acids is 1. The lowest BCUT2D eigenvalue weighted by Gasteiger charge is -2.09. The monoisotopic (exact) mass is 299 g/mol. The molecule has 0 saturated heterocycles. The number of ether oxygens (including phenoxy) is 1. The van der Waals surface area contributed by atoms with E-state index in [0.717, 1.165) is 23.1 Å². The summed E-state index contributed by atoms with van der Waals surface area (Å²) in [7, 11) is 0. The van der Waals surface area contributed by atoms with Crippen molar-refractivity contribution < 1.29 is 14.8 Å². The van der Waals surface area contributed by atoms with Crippen molar-refractivity contribution in [2.75, 3.05) is 13.2 Å². The third-order valence-corrected chi connectivity index (χ3v) is 2.58. The molecule has 0 fully saturated rings. The van der Waals surface area contributed by atoms with Gasteiger partial charge in [-0.05, 0) is 24.3 Å². The summed E-state index contributed by atoms with van der Waals surface area (Å²) >= 11 is 3.40. The minimum absolute atomic E-state index is 0.101. The Morgan fingerprint density at radius 1 is 1.59 bits per heavy atom. The Kier molecular flexibility index (Phi) is 5.72. The van der Waals surface area contributed by atoms with E-state index < -0.39 is 5.91 Å². The number of halogens is 1. The molecular weight excluding hydrogens is 284 g/mol. The van der Waals surface area contributed by atoms with E-state index in [2.05, 4.69) is 27.8 Å². The minimum atomic E-state index is -0.478. The van der Waals surface area contributed by atoms with Crippen molar-refractivity contribution in [2.45, 2.75) is 6.54 Å². The molecule has 0 saturated carbocycles. The summed E-state index contributed by atoms with van der Waals surface area (Å²) in [5.41, 5.74) is 6.06. The van der Waals surface area contributed by atoms with Gasteiger partial charge in [0.2, 0.25) is 0 Å². The lowest BCUT2D eigenvalue weighted by Crippen LogP contribution is -2.82. The Morgan fingerprint density at radius 3 is 3.00 bits per heavy atom. The van der Waals surface area contributed by atoms with Gasteiger partial charge in [-0.25, -0.2) is 0 Å². The van der Waals surface area contributed by atoms with E-state index >= 15 is 0 Å². The third kappa shape index (κ3) is 5.01. The molecule has 0 aliphatic rings. The summed E-state index contributed by atoms with van der Waals surface area (Å²) in [5.74, 6) is 0.209. The Bertz CT molecular complexity index is 407. The smallest absolute Gasteiger partial charge is 0.255 e. The van der Waals surface area contributed by atoms with Gasteiger partial charge in [-0.1, -0.05) is 22.5 Å². The fraction of sp³-hybridized carbons (Fsp3) is 0.250. The Hall–Kier alpha value is -1.33. The summed E-state index contributed by atoms with van der Waals surface area (Å²) in [6.45, 7) is 5.16. The van der Waals surface area contributed by atoms with Crippen molar-refractivity contribution >= 4 is 21.8 Å². The number of benzene rings is 1. The molecule has 0 heterocycles. The first kappa shape index (κ1) is 13.7. The van der Waals surface area contributed by atoms with E-state index in [0.29, 0.717) is 5.75 Å². The summed E-state index contributed by atoms with van der Waals surface area (Å²) in [4.78, 5) is 10.7. The standard InChI is InChI=1S/C12H15BrN2O2/c1-2-5-15-7-9-6-10(13)3-4-11(9)17-8-12(14)16/h2-4,6,15H,1,5,7-8H2,(H2,14,16)/p+1. The Morgan fingerprint density at radius 2 is 2.35 bits per heavy atom. The van der Waals surface area contributed by atoms with E-state index in [1.54, 1.807) is 0 Å². The van der Waals surface area contributed by atoms with Gasteiger partial charge in [0.15, 0.2) is 6.61 Å². The second-order valence-electron chi connectivity index (χ2n) is 3.52. The summed E-state index contributed by atoms with van der Waals surface area (Å²) < 4.78 is 6.32. The van der Waals surface area contributed by atoms with Gasteiger partial charge < -0.3 is 15.8 Å². The molecule has 0 atom stereocenters. The van der Waals surface area contributed by atoms with Crippen molar-refractivity contribution in [3.63, 3.8) is 0 Å². The van der Waals surface area contributed by atoms with Gasteiger partial charge >= 0.3 is 0 Å². The number of nitrogens with two attached hydrogens (primary N) is 2. The van der Waals surface area contributed by atoms with Crippen LogP contribution in [0.4, 0.5) is 0 Å². The zero-order chi connectivity index (χ0) is 12.7. The molecule has 1 aromatic rings. The fourth-order valence-corrected chi connectivity index (χ4v) is 1.76. The van der Waals surface area contributed by atoms with Crippen molar-refractivity contribution in [3.05, 3.63) is 40.9 Å². The van der Waals surface area contributed by atoms with E-state index in [4.69, 9.17) is 10.5 Å². The molecular formula is C12H16BrN2O2+. The fourth-order valence-electron chi connectivity index (χ4n) is 1.35. The van der Waals surface area contributed by atoms with Gasteiger partial charge in [0.25, 0.3) is 5.91 Å². The molecule has 0 aliphatic carbocycles. The van der Waals surface area contributed by atoms with Crippen LogP contribution in [0.2, 0.25) is 0 Å². The highest BCUT2D eigenvalue weighted by Crippen LogP contribution is 2.22. The molecule has 1 rings (SSSR count). The molecule has 0 spiro atoms. The summed E-state index contributed by atoms with van der Waals surface area (Å²) in [5, 5.41) is 2.09. The maximum absolute atomic E-state index is 10.7. The average molecular weight is 300 g/mol. The molecule has 0 radical (unpaired) electrons. The normalized spacial score (nSPS) is 9.94. The van der Waals surface area contributed by atoms with Crippen LogP contribution >= 0.6 is 15.9 Å². The third-order valence-electron chi connectivity index (χ3n) is 2.09. The predicted molar refractivity (Wildman–Crippen MR) is 69.5 cm³/mol. The predicted octanol–water partition coefficient (Wildman–Crippen LogP) is 0.563. The zero-order valence-electron chi connectivity index (χ0n) is 9.49. The molecule has 0 aliphatic heterocycles. The molecule has 5 heteroatoms. The molecule has 4 nitrogen and oxygen atoms in total. The Balaban J connectivity index is 2.72. The topological polar surface area (TPSA) is 68.9 Å². The maximum Gasteiger partial charge on any atom is 0.255 e. The molecule has 0 aromatic heterocycles. The molecule has 1 amide bonds. The molecule has 0 unspecified atom stereocenters. The van der Waals surface area contributed by atoms with Gasteiger partial charge in [0.05, 0.1) is 6.54 Å². The van der Waals surface area contributed by atoms with E-state index in [-0.39, 0.29) is 6.61 Å². The second kappa shape index (κ2) is 7.09. The molecule has 1 aromatic carbocycles. The largest absolute Gasteiger partial charge is 0.483 e. The molecule has 92 valence electrons. The van der Waals surface area contributed by atoms with E-state index in [1.807, 2.05) is 24.3 Å². The average Bonchev–Trinajstić information content (AvgIpc) is 2.28. The summed E-state index contributed by atoms with van der Waals surface area (Å²) in [6.07, 6.45) is 1.84. The van der Waals surface area contributed by atoms with Crippen LogP contribution in [-0.2, 0) is 11.3 Å². The van der Waals surface area contributed by atoms with Crippen LogP contribution < -0.4 is 15.8 Å². The van der Waals surface area contributed by atoms with Gasteiger partial charge in [-0.2, -0.15) is 0 Å². The minimum Gasteiger partial charge on any atom is -0.483 e. The molecule has 0 bridgehead atoms. The van der Waals surface area contributed by atoms with Crippen LogP contribution in [0.15, 0.2) is 35.3 Å². The van der Waals surface area contributed by atoms with Crippen LogP contribution in [0.1, 0.15) is 5.56 Å². The first-order chi connectivity index (χ1) is 8.13. The van der Waals surface area contributed by atoms with Crippen molar-refractivity contribution in [3.8, 4) is 5.75 Å². The lowest BCUT2D eigenvalue weighted by atomic mass is 10.2. The van der Waals surface area contributed by atoms with Crippen LogP contribution in [0.3, 0.4) is 0 Å². The second-order valence-corrected chi connectivity index (χ2v) is 4.44. The first-order valence-corrected chi connectivity index (χ1v) is 6.05. The van der Waals surface area contributed by atoms with Crippen LogP contribution in [0.5, 0.6) is 5.75 Å².